The molecule has 25 heavy (non-hydrogen) atoms. The van der Waals surface area contributed by atoms with Crippen LogP contribution in [-0.2, 0) is 5.41 Å². The third-order valence-electron chi connectivity index (χ3n) is 4.31. The number of aliphatic hydroxyl groups is 1. The summed E-state index contributed by atoms with van der Waals surface area (Å²) in [6.45, 7) is 11.9. The van der Waals surface area contributed by atoms with Crippen molar-refractivity contribution in [2.45, 2.75) is 46.1 Å². The van der Waals surface area contributed by atoms with E-state index in [-0.39, 0.29) is 5.41 Å². The van der Waals surface area contributed by atoms with E-state index < -0.39 is 6.10 Å². The number of hydrogen-bond donors (Lipinski definition) is 1. The van der Waals surface area contributed by atoms with Crippen molar-refractivity contribution in [3.63, 3.8) is 0 Å². The van der Waals surface area contributed by atoms with Gasteiger partial charge in [-0.05, 0) is 19.4 Å². The molecular weight excluding hydrogens is 332 g/mol. The van der Waals surface area contributed by atoms with Crippen LogP contribution in [0.15, 0.2) is 30.5 Å². The standard InChI is InChI=1S/C19H26N4OS/c1-6-22(11-15(24)14-9-7-13(2)8-10-14)18-21-23-12-16(19(3,4)5)20-17(23)25-18/h7-10,12,15,24H,6,11H2,1-5H3. The van der Waals surface area contributed by atoms with Crippen LogP contribution in [0.25, 0.3) is 4.96 Å². The van der Waals surface area contributed by atoms with Crippen LogP contribution < -0.4 is 4.90 Å². The second-order valence-corrected chi connectivity index (χ2v) is 8.39. The summed E-state index contributed by atoms with van der Waals surface area (Å²) < 4.78 is 1.85. The molecule has 3 rings (SSSR count). The Bertz CT molecular complexity index is 813. The minimum atomic E-state index is -0.540. The Morgan fingerprint density at radius 1 is 1.24 bits per heavy atom. The number of aliphatic hydroxyl groups excluding tert-OH is 1. The zero-order chi connectivity index (χ0) is 18.2. The fourth-order valence-corrected chi connectivity index (χ4v) is 3.58. The smallest absolute Gasteiger partial charge is 0.214 e. The average Bonchev–Trinajstić information content (AvgIpc) is 3.11. The number of rotatable bonds is 5. The van der Waals surface area contributed by atoms with Crippen LogP contribution in [0.5, 0.6) is 0 Å². The first-order valence-corrected chi connectivity index (χ1v) is 9.46. The molecule has 0 aliphatic rings. The zero-order valence-corrected chi connectivity index (χ0v) is 16.3. The van der Waals surface area contributed by atoms with Gasteiger partial charge in [-0.3, -0.25) is 0 Å². The molecule has 1 aromatic carbocycles. The SMILES string of the molecule is CCN(CC(O)c1ccc(C)cc1)c1nn2cc(C(C)(C)C)nc2s1. The third-order valence-corrected chi connectivity index (χ3v) is 5.29. The maximum atomic E-state index is 10.6. The molecule has 2 heterocycles. The normalized spacial score (nSPS) is 13.4. The lowest BCUT2D eigenvalue weighted by Gasteiger charge is -2.23. The molecule has 0 aliphatic heterocycles. The van der Waals surface area contributed by atoms with E-state index in [0.29, 0.717) is 6.54 Å². The molecule has 0 aliphatic carbocycles. The molecular formula is C19H26N4OS. The van der Waals surface area contributed by atoms with Gasteiger partial charge in [-0.1, -0.05) is 61.9 Å². The Morgan fingerprint density at radius 2 is 1.92 bits per heavy atom. The minimum absolute atomic E-state index is 0.0136. The highest BCUT2D eigenvalue weighted by Gasteiger charge is 2.21. The molecule has 0 saturated carbocycles. The molecule has 1 N–H and O–H groups in total. The van der Waals surface area contributed by atoms with Gasteiger partial charge in [0.2, 0.25) is 10.1 Å². The Labute approximate surface area is 152 Å². The lowest BCUT2D eigenvalue weighted by molar-refractivity contribution is 0.183. The van der Waals surface area contributed by atoms with Crippen molar-refractivity contribution in [1.82, 2.24) is 14.6 Å². The molecule has 0 spiro atoms. The molecule has 6 heteroatoms. The van der Waals surface area contributed by atoms with Crippen molar-refractivity contribution in [3.05, 3.63) is 47.3 Å². The van der Waals surface area contributed by atoms with Crippen LogP contribution in [0.4, 0.5) is 5.13 Å². The third kappa shape index (κ3) is 3.85. The van der Waals surface area contributed by atoms with Crippen LogP contribution in [-0.4, -0.2) is 32.8 Å². The summed E-state index contributed by atoms with van der Waals surface area (Å²) in [5.41, 5.74) is 3.18. The van der Waals surface area contributed by atoms with Gasteiger partial charge < -0.3 is 10.0 Å². The first-order chi connectivity index (χ1) is 11.8. The zero-order valence-electron chi connectivity index (χ0n) is 15.5. The topological polar surface area (TPSA) is 53.7 Å². The summed E-state index contributed by atoms with van der Waals surface area (Å²) in [5.74, 6) is 0. The lowest BCUT2D eigenvalue weighted by Crippen LogP contribution is -2.28. The van der Waals surface area contributed by atoms with Crippen molar-refractivity contribution in [2.75, 3.05) is 18.0 Å². The van der Waals surface area contributed by atoms with Crippen molar-refractivity contribution in [2.24, 2.45) is 0 Å². The highest BCUT2D eigenvalue weighted by Crippen LogP contribution is 2.28. The summed E-state index contributed by atoms with van der Waals surface area (Å²) in [7, 11) is 0. The number of benzene rings is 1. The summed E-state index contributed by atoms with van der Waals surface area (Å²) >= 11 is 1.56. The maximum absolute atomic E-state index is 10.6. The van der Waals surface area contributed by atoms with Gasteiger partial charge in [-0.25, -0.2) is 9.50 Å². The number of fused-ring (bicyclic) bond motifs is 1. The van der Waals surface area contributed by atoms with E-state index >= 15 is 0 Å². The summed E-state index contributed by atoms with van der Waals surface area (Å²) in [6.07, 6.45) is 1.46. The summed E-state index contributed by atoms with van der Waals surface area (Å²) in [5, 5.41) is 16.1. The van der Waals surface area contributed by atoms with E-state index in [1.54, 1.807) is 11.3 Å². The second-order valence-electron chi connectivity index (χ2n) is 7.45. The molecule has 3 aromatic rings. The van der Waals surface area contributed by atoms with Gasteiger partial charge in [-0.2, -0.15) is 0 Å². The van der Waals surface area contributed by atoms with Gasteiger partial charge in [0.1, 0.15) is 0 Å². The number of imidazole rings is 1. The lowest BCUT2D eigenvalue weighted by atomic mass is 9.93. The monoisotopic (exact) mass is 358 g/mol. The molecule has 0 amide bonds. The van der Waals surface area contributed by atoms with Crippen molar-refractivity contribution in [1.29, 1.82) is 0 Å². The van der Waals surface area contributed by atoms with Gasteiger partial charge in [-0.15, -0.1) is 5.10 Å². The van der Waals surface area contributed by atoms with E-state index in [0.717, 1.165) is 27.9 Å². The van der Waals surface area contributed by atoms with E-state index in [1.165, 1.54) is 5.56 Å². The number of aryl methyl sites for hydroxylation is 1. The molecule has 134 valence electrons. The molecule has 5 nitrogen and oxygen atoms in total. The van der Waals surface area contributed by atoms with Gasteiger partial charge >= 0.3 is 0 Å². The quantitative estimate of drug-likeness (QED) is 0.750. The minimum Gasteiger partial charge on any atom is -0.387 e. The van der Waals surface area contributed by atoms with Crippen LogP contribution >= 0.6 is 11.3 Å². The van der Waals surface area contributed by atoms with Gasteiger partial charge in [0.15, 0.2) is 0 Å². The first-order valence-electron chi connectivity index (χ1n) is 8.64. The van der Waals surface area contributed by atoms with Crippen molar-refractivity contribution < 1.29 is 5.11 Å². The largest absolute Gasteiger partial charge is 0.387 e. The van der Waals surface area contributed by atoms with Crippen LogP contribution in [0.2, 0.25) is 0 Å². The summed E-state index contributed by atoms with van der Waals surface area (Å²) in [4.78, 5) is 7.69. The van der Waals surface area contributed by atoms with Gasteiger partial charge in [0.05, 0.1) is 24.5 Å². The second kappa shape index (κ2) is 6.77. The fraction of sp³-hybridized carbons (Fsp3) is 0.474. The Kier molecular flexibility index (Phi) is 4.84. The fourth-order valence-electron chi connectivity index (χ4n) is 2.62. The van der Waals surface area contributed by atoms with E-state index in [4.69, 9.17) is 4.98 Å². The average molecular weight is 359 g/mol. The number of likely N-dealkylation sites (N-methyl/N-ethyl adjacent to an activating group) is 1. The Hall–Kier alpha value is -1.92. The predicted octanol–water partition coefficient (Wildman–Crippen LogP) is 3.96. The first kappa shape index (κ1) is 17.9. The number of aromatic nitrogens is 3. The van der Waals surface area contributed by atoms with Crippen molar-refractivity contribution >= 4 is 21.4 Å². The van der Waals surface area contributed by atoms with E-state index in [1.807, 2.05) is 41.9 Å². The molecule has 0 bridgehead atoms. The van der Waals surface area contributed by atoms with Crippen LogP contribution in [0.3, 0.4) is 0 Å². The maximum Gasteiger partial charge on any atom is 0.214 e. The van der Waals surface area contributed by atoms with Crippen molar-refractivity contribution in [3.8, 4) is 0 Å². The molecule has 0 saturated heterocycles. The highest BCUT2D eigenvalue weighted by atomic mass is 32.1. The van der Waals surface area contributed by atoms with Gasteiger partial charge in [0.25, 0.3) is 0 Å². The highest BCUT2D eigenvalue weighted by molar-refractivity contribution is 7.20. The molecule has 2 aromatic heterocycles. The molecule has 0 fully saturated rings. The molecule has 1 unspecified atom stereocenters. The Balaban J connectivity index is 1.79. The van der Waals surface area contributed by atoms with Gasteiger partial charge in [0, 0.05) is 12.0 Å². The number of anilines is 1. The number of nitrogens with zero attached hydrogens (tertiary/aromatic N) is 4. The number of hydrogen-bond acceptors (Lipinski definition) is 5. The molecule has 1 atom stereocenters. The summed E-state index contributed by atoms with van der Waals surface area (Å²) in [6, 6.07) is 8.02. The predicted molar refractivity (Wildman–Crippen MR) is 104 cm³/mol. The van der Waals surface area contributed by atoms with E-state index in [9.17, 15) is 5.11 Å². The van der Waals surface area contributed by atoms with Crippen LogP contribution in [0.1, 0.15) is 50.6 Å². The van der Waals surface area contributed by atoms with E-state index in [2.05, 4.69) is 37.7 Å². The Morgan fingerprint density at radius 3 is 2.48 bits per heavy atom. The molecule has 0 radical (unpaired) electrons. The van der Waals surface area contributed by atoms with Crippen LogP contribution in [0, 0.1) is 6.92 Å².